The molecule has 0 radical (unpaired) electrons. The number of fused-ring (bicyclic) bond motifs is 3. The normalized spacial score (nSPS) is 14.8. The van der Waals surface area contributed by atoms with Crippen molar-refractivity contribution in [1.82, 2.24) is 10.2 Å². The largest absolute Gasteiger partial charge is 0.465 e. The van der Waals surface area contributed by atoms with Gasteiger partial charge in [-0.25, -0.2) is 9.59 Å². The maximum Gasteiger partial charge on any atom is 0.409 e. The molecule has 5 rings (SSSR count). The van der Waals surface area contributed by atoms with Crippen LogP contribution in [-0.2, 0) is 17.6 Å². The average Bonchev–Trinajstić information content (AvgIpc) is 3.37. The van der Waals surface area contributed by atoms with Gasteiger partial charge in [-0.05, 0) is 46.2 Å². The summed E-state index contributed by atoms with van der Waals surface area (Å²) in [5.74, 6) is -0.183. The quantitative estimate of drug-likeness (QED) is 0.151. The van der Waals surface area contributed by atoms with Crippen LogP contribution in [-0.4, -0.2) is 76.4 Å². The van der Waals surface area contributed by atoms with Crippen molar-refractivity contribution in [3.63, 3.8) is 0 Å². The van der Waals surface area contributed by atoms with Crippen LogP contribution in [0.3, 0.4) is 0 Å². The first-order valence-corrected chi connectivity index (χ1v) is 15.1. The fourth-order valence-electron chi connectivity index (χ4n) is 5.96. The van der Waals surface area contributed by atoms with Crippen molar-refractivity contribution < 1.29 is 29.6 Å². The molecular formula is C36H39N3O6. The molecule has 0 spiro atoms. The molecule has 4 aromatic carbocycles. The van der Waals surface area contributed by atoms with Crippen LogP contribution in [0.25, 0.3) is 11.1 Å². The third kappa shape index (κ3) is 8.07. The van der Waals surface area contributed by atoms with E-state index in [9.17, 15) is 24.9 Å². The van der Waals surface area contributed by atoms with Crippen molar-refractivity contribution >= 4 is 12.2 Å². The zero-order valence-corrected chi connectivity index (χ0v) is 24.9. The third-order valence-electron chi connectivity index (χ3n) is 8.29. The van der Waals surface area contributed by atoms with E-state index in [0.29, 0.717) is 6.42 Å². The Labute approximate surface area is 262 Å². The van der Waals surface area contributed by atoms with Crippen molar-refractivity contribution in [2.24, 2.45) is 5.73 Å². The second-order valence-corrected chi connectivity index (χ2v) is 11.4. The molecule has 0 aliphatic heterocycles. The summed E-state index contributed by atoms with van der Waals surface area (Å²) in [6.07, 6.45) is -3.91. The van der Waals surface area contributed by atoms with Crippen LogP contribution >= 0.6 is 0 Å². The van der Waals surface area contributed by atoms with Gasteiger partial charge < -0.3 is 36.0 Å². The summed E-state index contributed by atoms with van der Waals surface area (Å²) < 4.78 is 5.87. The van der Waals surface area contributed by atoms with Crippen LogP contribution in [0.5, 0.6) is 0 Å². The lowest BCUT2D eigenvalue weighted by molar-refractivity contribution is 0.0310. The molecule has 6 N–H and O–H groups in total. The molecule has 1 aliphatic carbocycles. The van der Waals surface area contributed by atoms with Gasteiger partial charge in [0, 0.05) is 12.0 Å². The maximum absolute atomic E-state index is 13.7. The van der Waals surface area contributed by atoms with Crippen molar-refractivity contribution in [3.05, 3.63) is 131 Å². The van der Waals surface area contributed by atoms with Gasteiger partial charge in [0.05, 0.1) is 31.3 Å². The predicted octanol–water partition coefficient (Wildman–Crippen LogP) is 4.41. The van der Waals surface area contributed by atoms with Gasteiger partial charge in [0.25, 0.3) is 0 Å². The van der Waals surface area contributed by atoms with E-state index in [1.807, 2.05) is 109 Å². The Kier molecular flexibility index (Phi) is 10.5. The first-order valence-electron chi connectivity index (χ1n) is 15.1. The Morgan fingerprint density at radius 1 is 0.733 bits per heavy atom. The van der Waals surface area contributed by atoms with Gasteiger partial charge in [-0.2, -0.15) is 0 Å². The zero-order chi connectivity index (χ0) is 31.8. The van der Waals surface area contributed by atoms with Crippen molar-refractivity contribution in [2.45, 2.75) is 43.1 Å². The smallest absolute Gasteiger partial charge is 0.409 e. The van der Waals surface area contributed by atoms with E-state index >= 15 is 0 Å². The fourth-order valence-corrected chi connectivity index (χ4v) is 5.96. The summed E-state index contributed by atoms with van der Waals surface area (Å²) in [6.45, 7) is -0.455. The fraction of sp³-hybridized carbons (Fsp3) is 0.278. The topological polar surface area (TPSA) is 145 Å². The average molecular weight is 610 g/mol. The molecule has 45 heavy (non-hydrogen) atoms. The molecular weight excluding hydrogens is 570 g/mol. The lowest BCUT2D eigenvalue weighted by Crippen LogP contribution is -2.53. The number of carboxylic acid groups (broad SMARTS) is 1. The molecule has 1 aliphatic rings. The minimum absolute atomic E-state index is 0.0481. The third-order valence-corrected chi connectivity index (χ3v) is 8.29. The Balaban J connectivity index is 1.33. The highest BCUT2D eigenvalue weighted by molar-refractivity contribution is 5.79. The standard InChI is InChI=1S/C36H39N3O6/c37-31(19-24-11-3-1-4-12-24)33(40)21-39(22-34(41)32(38-35(42)43)20-25-13-5-2-6-14-25)36(44)45-23-30-28-17-9-7-15-26(28)27-16-8-10-18-29(27)30/h1-18,30-34,38,40-41H,19-23,37H2,(H,42,43)/t31-,32+,33?,34+/m1/s1. The van der Waals surface area contributed by atoms with Crippen LogP contribution in [0.15, 0.2) is 109 Å². The summed E-state index contributed by atoms with van der Waals surface area (Å²) in [4.78, 5) is 26.5. The van der Waals surface area contributed by atoms with E-state index in [1.165, 1.54) is 4.90 Å². The molecule has 234 valence electrons. The predicted molar refractivity (Wildman–Crippen MR) is 172 cm³/mol. The number of benzene rings is 4. The van der Waals surface area contributed by atoms with Gasteiger partial charge in [0.1, 0.15) is 6.61 Å². The second-order valence-electron chi connectivity index (χ2n) is 11.4. The molecule has 0 saturated heterocycles. The first-order chi connectivity index (χ1) is 21.8. The van der Waals surface area contributed by atoms with E-state index in [-0.39, 0.29) is 32.0 Å². The number of amides is 2. The van der Waals surface area contributed by atoms with Crippen LogP contribution < -0.4 is 11.1 Å². The maximum atomic E-state index is 13.7. The van der Waals surface area contributed by atoms with Gasteiger partial charge in [-0.1, -0.05) is 109 Å². The van der Waals surface area contributed by atoms with E-state index in [0.717, 1.165) is 33.4 Å². The summed E-state index contributed by atoms with van der Waals surface area (Å²) in [5.41, 5.74) is 12.4. The molecule has 9 heteroatoms. The molecule has 0 bridgehead atoms. The molecule has 0 aromatic heterocycles. The van der Waals surface area contributed by atoms with Crippen LogP contribution in [0.4, 0.5) is 9.59 Å². The molecule has 2 amide bonds. The van der Waals surface area contributed by atoms with Gasteiger partial charge in [-0.15, -0.1) is 0 Å². The Bertz CT molecular complexity index is 1520. The highest BCUT2D eigenvalue weighted by Crippen LogP contribution is 2.44. The number of aliphatic hydroxyl groups excluding tert-OH is 2. The number of rotatable bonds is 13. The van der Waals surface area contributed by atoms with Crippen molar-refractivity contribution in [2.75, 3.05) is 19.7 Å². The number of nitrogens with two attached hydrogens (primary N) is 1. The number of carbonyl (C=O) groups is 2. The van der Waals surface area contributed by atoms with E-state index < -0.39 is 36.5 Å². The van der Waals surface area contributed by atoms with Crippen molar-refractivity contribution in [1.29, 1.82) is 0 Å². The zero-order valence-electron chi connectivity index (χ0n) is 24.9. The van der Waals surface area contributed by atoms with Crippen molar-refractivity contribution in [3.8, 4) is 11.1 Å². The second kappa shape index (κ2) is 14.9. The van der Waals surface area contributed by atoms with Crippen LogP contribution in [0.2, 0.25) is 0 Å². The molecule has 9 nitrogen and oxygen atoms in total. The van der Waals surface area contributed by atoms with Gasteiger partial charge in [-0.3, -0.25) is 0 Å². The molecule has 4 atom stereocenters. The highest BCUT2D eigenvalue weighted by Gasteiger charge is 2.32. The number of nitrogens with one attached hydrogen (secondary N) is 1. The Morgan fingerprint density at radius 2 is 1.22 bits per heavy atom. The summed E-state index contributed by atoms with van der Waals surface area (Å²) in [5, 5.41) is 34.3. The van der Waals surface area contributed by atoms with Gasteiger partial charge in [0.2, 0.25) is 0 Å². The number of hydrogen-bond donors (Lipinski definition) is 5. The summed E-state index contributed by atoms with van der Waals surface area (Å²) in [7, 11) is 0. The van der Waals surface area contributed by atoms with Gasteiger partial charge >= 0.3 is 12.2 Å². The minimum Gasteiger partial charge on any atom is -0.465 e. The van der Waals surface area contributed by atoms with E-state index in [4.69, 9.17) is 10.5 Å². The van der Waals surface area contributed by atoms with Gasteiger partial charge in [0.15, 0.2) is 0 Å². The molecule has 1 unspecified atom stereocenters. The molecule has 4 aromatic rings. The highest BCUT2D eigenvalue weighted by atomic mass is 16.6. The molecule has 0 fully saturated rings. The van der Waals surface area contributed by atoms with Crippen LogP contribution in [0.1, 0.15) is 28.2 Å². The van der Waals surface area contributed by atoms with E-state index in [2.05, 4.69) is 5.32 Å². The van der Waals surface area contributed by atoms with E-state index in [1.54, 1.807) is 0 Å². The summed E-state index contributed by atoms with van der Waals surface area (Å²) >= 11 is 0. The van der Waals surface area contributed by atoms with Crippen LogP contribution in [0, 0.1) is 0 Å². The molecule has 0 heterocycles. The molecule has 0 saturated carbocycles. The summed E-state index contributed by atoms with van der Waals surface area (Å²) in [6, 6.07) is 33.0. The SMILES string of the molecule is N[C@H](Cc1ccccc1)C(O)CN(C[C@H](O)[C@H](Cc1ccccc1)NC(=O)O)C(=O)OCC1c2ccccc2-c2ccccc21. The number of nitrogens with zero attached hydrogens (tertiary/aromatic N) is 1. The lowest BCUT2D eigenvalue weighted by atomic mass is 9.98. The Hall–Kier alpha value is -4.70. The number of hydrogen-bond acceptors (Lipinski definition) is 6. The number of carbonyl (C=O) groups excluding carboxylic acids is 1. The number of ether oxygens (including phenoxy) is 1. The number of aliphatic hydroxyl groups is 2. The first kappa shape index (κ1) is 31.7. The minimum atomic E-state index is -1.31. The monoisotopic (exact) mass is 609 g/mol. The Morgan fingerprint density at radius 3 is 1.78 bits per heavy atom. The lowest BCUT2D eigenvalue weighted by Gasteiger charge is -2.32.